The van der Waals surface area contributed by atoms with Gasteiger partial charge >= 0.3 is 0 Å². The Hall–Kier alpha value is -1.28. The highest BCUT2D eigenvalue weighted by atomic mass is 16.5. The monoisotopic (exact) mass is 190 g/mol. The van der Waals surface area contributed by atoms with E-state index >= 15 is 0 Å². The van der Waals surface area contributed by atoms with Gasteiger partial charge in [-0.2, -0.15) is 0 Å². The standard InChI is InChI=1S/C12H14O2/c1-10-12(7-8-13-10)14-9-11-5-3-2-4-6-11/h2-6,12H,1,7-9H2. The molecule has 14 heavy (non-hydrogen) atoms. The topological polar surface area (TPSA) is 18.5 Å². The van der Waals surface area contributed by atoms with Crippen LogP contribution < -0.4 is 0 Å². The molecule has 1 aliphatic rings. The molecular formula is C12H14O2. The average molecular weight is 190 g/mol. The average Bonchev–Trinajstić information content (AvgIpc) is 2.63. The lowest BCUT2D eigenvalue weighted by Gasteiger charge is -2.10. The van der Waals surface area contributed by atoms with Gasteiger partial charge in [0, 0.05) is 6.42 Å². The molecule has 2 rings (SSSR count). The first kappa shape index (κ1) is 9.28. The summed E-state index contributed by atoms with van der Waals surface area (Å²) >= 11 is 0. The molecule has 1 saturated heterocycles. The third kappa shape index (κ3) is 2.15. The van der Waals surface area contributed by atoms with Crippen molar-refractivity contribution in [2.75, 3.05) is 6.61 Å². The van der Waals surface area contributed by atoms with Crippen LogP contribution in [0.25, 0.3) is 0 Å². The predicted octanol–water partition coefficient (Wildman–Crippen LogP) is 2.51. The van der Waals surface area contributed by atoms with Gasteiger partial charge in [0.2, 0.25) is 0 Å². The van der Waals surface area contributed by atoms with E-state index < -0.39 is 0 Å². The van der Waals surface area contributed by atoms with Crippen molar-refractivity contribution in [1.82, 2.24) is 0 Å². The normalized spacial score (nSPS) is 20.9. The molecule has 1 fully saturated rings. The summed E-state index contributed by atoms with van der Waals surface area (Å²) in [5, 5.41) is 0. The van der Waals surface area contributed by atoms with E-state index in [0.717, 1.165) is 18.8 Å². The van der Waals surface area contributed by atoms with Crippen LogP contribution in [0.2, 0.25) is 0 Å². The van der Waals surface area contributed by atoms with E-state index in [4.69, 9.17) is 9.47 Å². The smallest absolute Gasteiger partial charge is 0.118 e. The summed E-state index contributed by atoms with van der Waals surface area (Å²) < 4.78 is 10.9. The minimum atomic E-state index is 0.0789. The summed E-state index contributed by atoms with van der Waals surface area (Å²) in [7, 11) is 0. The first-order chi connectivity index (χ1) is 6.86. The maximum Gasteiger partial charge on any atom is 0.118 e. The van der Waals surface area contributed by atoms with E-state index in [1.807, 2.05) is 18.2 Å². The molecule has 1 aliphatic heterocycles. The molecule has 0 amide bonds. The minimum Gasteiger partial charge on any atom is -0.496 e. The van der Waals surface area contributed by atoms with Gasteiger partial charge in [-0.1, -0.05) is 36.9 Å². The molecule has 2 heteroatoms. The fourth-order valence-electron chi connectivity index (χ4n) is 1.50. The van der Waals surface area contributed by atoms with Gasteiger partial charge in [0.25, 0.3) is 0 Å². The molecule has 0 N–H and O–H groups in total. The molecule has 1 unspecified atom stereocenters. The Balaban J connectivity index is 1.85. The van der Waals surface area contributed by atoms with Crippen LogP contribution in [0.5, 0.6) is 0 Å². The molecule has 1 heterocycles. The summed E-state index contributed by atoms with van der Waals surface area (Å²) in [4.78, 5) is 0. The molecular weight excluding hydrogens is 176 g/mol. The van der Waals surface area contributed by atoms with E-state index in [9.17, 15) is 0 Å². The van der Waals surface area contributed by atoms with Crippen LogP contribution in [0.3, 0.4) is 0 Å². The SMILES string of the molecule is C=C1OCCC1OCc1ccccc1. The van der Waals surface area contributed by atoms with Gasteiger partial charge in [-0.25, -0.2) is 0 Å². The Morgan fingerprint density at radius 2 is 2.14 bits per heavy atom. The predicted molar refractivity (Wildman–Crippen MR) is 54.7 cm³/mol. The van der Waals surface area contributed by atoms with E-state index in [-0.39, 0.29) is 6.10 Å². The summed E-state index contributed by atoms with van der Waals surface area (Å²) in [6.07, 6.45) is 1.00. The maximum absolute atomic E-state index is 5.68. The van der Waals surface area contributed by atoms with Gasteiger partial charge in [-0.3, -0.25) is 0 Å². The number of rotatable bonds is 3. The lowest BCUT2D eigenvalue weighted by atomic mass is 10.2. The zero-order valence-corrected chi connectivity index (χ0v) is 8.11. The van der Waals surface area contributed by atoms with Gasteiger partial charge in [0.15, 0.2) is 0 Å². The molecule has 0 spiro atoms. The summed E-state index contributed by atoms with van der Waals surface area (Å²) in [6, 6.07) is 10.1. The molecule has 1 atom stereocenters. The maximum atomic E-state index is 5.68. The van der Waals surface area contributed by atoms with E-state index in [1.54, 1.807) is 0 Å². The molecule has 0 aromatic heterocycles. The first-order valence-corrected chi connectivity index (χ1v) is 4.83. The fraction of sp³-hybridized carbons (Fsp3) is 0.333. The number of hydrogen-bond acceptors (Lipinski definition) is 2. The fourth-order valence-corrected chi connectivity index (χ4v) is 1.50. The molecule has 1 aromatic rings. The quantitative estimate of drug-likeness (QED) is 0.729. The number of benzene rings is 1. The van der Waals surface area contributed by atoms with E-state index in [0.29, 0.717) is 6.61 Å². The van der Waals surface area contributed by atoms with Gasteiger partial charge < -0.3 is 9.47 Å². The van der Waals surface area contributed by atoms with Crippen molar-refractivity contribution in [3.63, 3.8) is 0 Å². The van der Waals surface area contributed by atoms with Crippen molar-refractivity contribution in [3.05, 3.63) is 48.2 Å². The largest absolute Gasteiger partial charge is 0.496 e. The zero-order valence-electron chi connectivity index (χ0n) is 8.11. The Morgan fingerprint density at radius 1 is 1.36 bits per heavy atom. The summed E-state index contributed by atoms with van der Waals surface area (Å²) in [5.74, 6) is 0.765. The zero-order chi connectivity index (χ0) is 9.80. The highest BCUT2D eigenvalue weighted by molar-refractivity contribution is 5.13. The highest BCUT2D eigenvalue weighted by Crippen LogP contribution is 2.19. The van der Waals surface area contributed by atoms with Crippen molar-refractivity contribution >= 4 is 0 Å². The second-order valence-electron chi connectivity index (χ2n) is 3.39. The van der Waals surface area contributed by atoms with Crippen molar-refractivity contribution in [3.8, 4) is 0 Å². The number of hydrogen-bond donors (Lipinski definition) is 0. The molecule has 0 saturated carbocycles. The van der Waals surface area contributed by atoms with E-state index in [2.05, 4.69) is 18.7 Å². The third-order valence-corrected chi connectivity index (χ3v) is 2.32. The summed E-state index contributed by atoms with van der Waals surface area (Å²) in [6.45, 7) is 5.17. The lowest BCUT2D eigenvalue weighted by molar-refractivity contribution is 0.0621. The second kappa shape index (κ2) is 4.29. The molecule has 1 aromatic carbocycles. The van der Waals surface area contributed by atoms with Crippen molar-refractivity contribution in [2.45, 2.75) is 19.1 Å². The van der Waals surface area contributed by atoms with Crippen LogP contribution >= 0.6 is 0 Å². The minimum absolute atomic E-state index is 0.0789. The first-order valence-electron chi connectivity index (χ1n) is 4.83. The van der Waals surface area contributed by atoms with Crippen LogP contribution in [0.15, 0.2) is 42.7 Å². The molecule has 74 valence electrons. The Labute approximate surface area is 84.2 Å². The third-order valence-electron chi connectivity index (χ3n) is 2.32. The Bertz CT molecular complexity index is 305. The van der Waals surface area contributed by atoms with Gasteiger partial charge in [-0.15, -0.1) is 0 Å². The van der Waals surface area contributed by atoms with Crippen molar-refractivity contribution in [2.24, 2.45) is 0 Å². The number of ether oxygens (including phenoxy) is 2. The van der Waals surface area contributed by atoms with Gasteiger partial charge in [0.05, 0.1) is 13.2 Å². The highest BCUT2D eigenvalue weighted by Gasteiger charge is 2.20. The van der Waals surface area contributed by atoms with Gasteiger partial charge in [-0.05, 0) is 5.56 Å². The van der Waals surface area contributed by atoms with Crippen molar-refractivity contribution in [1.29, 1.82) is 0 Å². The van der Waals surface area contributed by atoms with Crippen LogP contribution in [0.4, 0.5) is 0 Å². The molecule has 0 radical (unpaired) electrons. The molecule has 0 aliphatic carbocycles. The van der Waals surface area contributed by atoms with E-state index in [1.165, 1.54) is 5.56 Å². The van der Waals surface area contributed by atoms with Crippen LogP contribution in [-0.4, -0.2) is 12.7 Å². The Kier molecular flexibility index (Phi) is 2.84. The van der Waals surface area contributed by atoms with Gasteiger partial charge in [0.1, 0.15) is 11.9 Å². The molecule has 0 bridgehead atoms. The van der Waals surface area contributed by atoms with Crippen LogP contribution in [0.1, 0.15) is 12.0 Å². The molecule has 2 nitrogen and oxygen atoms in total. The van der Waals surface area contributed by atoms with Crippen LogP contribution in [0, 0.1) is 0 Å². The lowest BCUT2D eigenvalue weighted by Crippen LogP contribution is -2.09. The Morgan fingerprint density at radius 3 is 2.79 bits per heavy atom. The second-order valence-corrected chi connectivity index (χ2v) is 3.39. The van der Waals surface area contributed by atoms with Crippen molar-refractivity contribution < 1.29 is 9.47 Å². The summed E-state index contributed by atoms with van der Waals surface area (Å²) in [5.41, 5.74) is 1.19. The van der Waals surface area contributed by atoms with Crippen LogP contribution in [-0.2, 0) is 16.1 Å².